The molecule has 18 heavy (non-hydrogen) atoms. The van der Waals surface area contributed by atoms with Crippen molar-refractivity contribution in [1.29, 1.82) is 0 Å². The van der Waals surface area contributed by atoms with Gasteiger partial charge in [-0.2, -0.15) is 0 Å². The number of nitrogens with zero attached hydrogens (tertiary/aromatic N) is 1. The Labute approximate surface area is 107 Å². The summed E-state index contributed by atoms with van der Waals surface area (Å²) in [6.45, 7) is 3.34. The molecule has 1 aliphatic rings. The van der Waals surface area contributed by atoms with E-state index in [9.17, 15) is 0 Å². The fraction of sp³-hybridized carbons (Fsp3) is 0.500. The van der Waals surface area contributed by atoms with Crippen LogP contribution in [0, 0.1) is 5.41 Å². The molecular weight excluding hydrogens is 224 g/mol. The molecule has 0 aliphatic heterocycles. The Bertz CT molecular complexity index is 552. The van der Waals surface area contributed by atoms with Crippen LogP contribution < -0.4 is 11.1 Å². The second kappa shape index (κ2) is 4.19. The molecule has 96 valence electrons. The number of hydrogen-bond donors (Lipinski definition) is 3. The summed E-state index contributed by atoms with van der Waals surface area (Å²) < 4.78 is 0. The first kappa shape index (κ1) is 11.4. The first-order valence-electron chi connectivity index (χ1n) is 6.64. The van der Waals surface area contributed by atoms with Gasteiger partial charge in [0.25, 0.3) is 0 Å². The molecule has 4 N–H and O–H groups in total. The topological polar surface area (TPSA) is 66.7 Å². The molecule has 1 heterocycles. The molecule has 3 rings (SSSR count). The van der Waals surface area contributed by atoms with E-state index in [2.05, 4.69) is 22.2 Å². The largest absolute Gasteiger partial charge is 0.399 e. The molecule has 1 fully saturated rings. The second-order valence-corrected chi connectivity index (χ2v) is 5.73. The van der Waals surface area contributed by atoms with Crippen LogP contribution in [0.5, 0.6) is 0 Å². The zero-order valence-electron chi connectivity index (χ0n) is 10.8. The SMILES string of the molecule is CC1(CNc2nc3ccc(N)cc3[nH]2)CCCC1. The third-order valence-electron chi connectivity index (χ3n) is 4.00. The van der Waals surface area contributed by atoms with Gasteiger partial charge in [-0.25, -0.2) is 4.98 Å². The number of nitrogens with one attached hydrogen (secondary N) is 2. The fourth-order valence-electron chi connectivity index (χ4n) is 2.81. The van der Waals surface area contributed by atoms with E-state index >= 15 is 0 Å². The molecule has 0 atom stereocenters. The number of aromatic amines is 1. The van der Waals surface area contributed by atoms with E-state index in [-0.39, 0.29) is 0 Å². The molecule has 1 aromatic heterocycles. The van der Waals surface area contributed by atoms with Crippen molar-refractivity contribution in [2.45, 2.75) is 32.6 Å². The molecule has 0 spiro atoms. The summed E-state index contributed by atoms with van der Waals surface area (Å²) in [7, 11) is 0. The number of benzene rings is 1. The van der Waals surface area contributed by atoms with Gasteiger partial charge in [0.15, 0.2) is 0 Å². The zero-order valence-corrected chi connectivity index (χ0v) is 10.8. The number of anilines is 2. The highest BCUT2D eigenvalue weighted by Crippen LogP contribution is 2.37. The smallest absolute Gasteiger partial charge is 0.201 e. The minimum Gasteiger partial charge on any atom is -0.399 e. The second-order valence-electron chi connectivity index (χ2n) is 5.73. The van der Waals surface area contributed by atoms with Crippen LogP contribution in [0.1, 0.15) is 32.6 Å². The Kier molecular flexibility index (Phi) is 2.65. The number of rotatable bonds is 3. The van der Waals surface area contributed by atoms with Gasteiger partial charge in [0.05, 0.1) is 11.0 Å². The minimum atomic E-state index is 0.429. The molecule has 1 aromatic carbocycles. The van der Waals surface area contributed by atoms with Crippen molar-refractivity contribution >= 4 is 22.7 Å². The highest BCUT2D eigenvalue weighted by atomic mass is 15.1. The standard InChI is InChI=1S/C14H20N4/c1-14(6-2-3-7-14)9-16-13-17-11-5-4-10(15)8-12(11)18-13/h4-5,8H,2-3,6-7,9,15H2,1H3,(H2,16,17,18). The predicted octanol–water partition coefficient (Wildman–Crippen LogP) is 3.14. The van der Waals surface area contributed by atoms with Gasteiger partial charge in [-0.15, -0.1) is 0 Å². The summed E-state index contributed by atoms with van der Waals surface area (Å²) in [5.41, 5.74) is 8.91. The van der Waals surface area contributed by atoms with Gasteiger partial charge in [0, 0.05) is 12.2 Å². The third-order valence-corrected chi connectivity index (χ3v) is 4.00. The Hall–Kier alpha value is -1.71. The lowest BCUT2D eigenvalue weighted by atomic mass is 9.89. The van der Waals surface area contributed by atoms with Crippen molar-refractivity contribution in [3.63, 3.8) is 0 Å². The van der Waals surface area contributed by atoms with E-state index in [1.54, 1.807) is 0 Å². The van der Waals surface area contributed by atoms with E-state index in [0.29, 0.717) is 5.41 Å². The lowest BCUT2D eigenvalue weighted by Gasteiger charge is -2.23. The third kappa shape index (κ3) is 2.15. The van der Waals surface area contributed by atoms with E-state index in [1.807, 2.05) is 18.2 Å². The van der Waals surface area contributed by atoms with E-state index in [1.165, 1.54) is 25.7 Å². The van der Waals surface area contributed by atoms with Crippen LogP contribution in [-0.2, 0) is 0 Å². The Morgan fingerprint density at radius 1 is 1.39 bits per heavy atom. The summed E-state index contributed by atoms with van der Waals surface area (Å²) in [6.07, 6.45) is 5.34. The molecule has 0 bridgehead atoms. The number of imidazole rings is 1. The Balaban J connectivity index is 1.74. The van der Waals surface area contributed by atoms with Crippen LogP contribution in [0.15, 0.2) is 18.2 Å². The quantitative estimate of drug-likeness (QED) is 0.727. The van der Waals surface area contributed by atoms with Crippen LogP contribution in [0.3, 0.4) is 0 Å². The van der Waals surface area contributed by atoms with E-state index in [0.717, 1.165) is 29.2 Å². The van der Waals surface area contributed by atoms with E-state index in [4.69, 9.17) is 5.73 Å². The van der Waals surface area contributed by atoms with Crippen LogP contribution in [0.2, 0.25) is 0 Å². The normalized spacial score (nSPS) is 18.3. The monoisotopic (exact) mass is 244 g/mol. The number of fused-ring (bicyclic) bond motifs is 1. The number of nitrogens with two attached hydrogens (primary N) is 1. The maximum Gasteiger partial charge on any atom is 0.201 e. The van der Waals surface area contributed by atoms with E-state index < -0.39 is 0 Å². The lowest BCUT2D eigenvalue weighted by molar-refractivity contribution is 0.361. The van der Waals surface area contributed by atoms with Crippen molar-refractivity contribution in [2.75, 3.05) is 17.6 Å². The molecule has 0 amide bonds. The minimum absolute atomic E-state index is 0.429. The summed E-state index contributed by atoms with van der Waals surface area (Å²) >= 11 is 0. The van der Waals surface area contributed by atoms with Gasteiger partial charge in [0.1, 0.15) is 0 Å². The molecular formula is C14H20N4. The predicted molar refractivity (Wildman–Crippen MR) is 75.6 cm³/mol. The van der Waals surface area contributed by atoms with Crippen LogP contribution in [-0.4, -0.2) is 16.5 Å². The van der Waals surface area contributed by atoms with Crippen molar-refractivity contribution in [1.82, 2.24) is 9.97 Å². The summed E-state index contributed by atoms with van der Waals surface area (Å²) in [4.78, 5) is 7.80. The van der Waals surface area contributed by atoms with Crippen LogP contribution in [0.25, 0.3) is 11.0 Å². The Morgan fingerprint density at radius 3 is 2.94 bits per heavy atom. The molecule has 1 aliphatic carbocycles. The summed E-state index contributed by atoms with van der Waals surface area (Å²) in [5.74, 6) is 0.851. The van der Waals surface area contributed by atoms with Crippen LogP contribution in [0.4, 0.5) is 11.6 Å². The number of H-pyrrole nitrogens is 1. The Morgan fingerprint density at radius 2 is 2.17 bits per heavy atom. The van der Waals surface area contributed by atoms with Crippen molar-refractivity contribution in [2.24, 2.45) is 5.41 Å². The molecule has 0 saturated heterocycles. The van der Waals surface area contributed by atoms with Gasteiger partial charge >= 0.3 is 0 Å². The van der Waals surface area contributed by atoms with Crippen molar-refractivity contribution in [3.8, 4) is 0 Å². The van der Waals surface area contributed by atoms with Gasteiger partial charge < -0.3 is 16.0 Å². The zero-order chi connectivity index (χ0) is 12.6. The van der Waals surface area contributed by atoms with Gasteiger partial charge in [-0.1, -0.05) is 19.8 Å². The maximum absolute atomic E-state index is 5.76. The van der Waals surface area contributed by atoms with Gasteiger partial charge in [-0.3, -0.25) is 0 Å². The highest BCUT2D eigenvalue weighted by Gasteiger charge is 2.28. The fourth-order valence-corrected chi connectivity index (χ4v) is 2.81. The van der Waals surface area contributed by atoms with Crippen LogP contribution >= 0.6 is 0 Å². The maximum atomic E-state index is 5.76. The van der Waals surface area contributed by atoms with Gasteiger partial charge in [-0.05, 0) is 36.5 Å². The number of nitrogen functional groups attached to an aromatic ring is 1. The molecule has 1 saturated carbocycles. The average molecular weight is 244 g/mol. The average Bonchev–Trinajstić information content (AvgIpc) is 2.93. The summed E-state index contributed by atoms with van der Waals surface area (Å²) in [6, 6.07) is 5.75. The first-order chi connectivity index (χ1) is 8.65. The number of hydrogen-bond acceptors (Lipinski definition) is 3. The molecule has 0 unspecified atom stereocenters. The highest BCUT2D eigenvalue weighted by molar-refractivity contribution is 5.80. The first-order valence-corrected chi connectivity index (χ1v) is 6.64. The van der Waals surface area contributed by atoms with Gasteiger partial charge in [0.2, 0.25) is 5.95 Å². The lowest BCUT2D eigenvalue weighted by Crippen LogP contribution is -2.23. The number of aromatic nitrogens is 2. The molecule has 4 heteroatoms. The molecule has 2 aromatic rings. The summed E-state index contributed by atoms with van der Waals surface area (Å²) in [5, 5.41) is 3.43. The van der Waals surface area contributed by atoms with Crippen molar-refractivity contribution in [3.05, 3.63) is 18.2 Å². The molecule has 4 nitrogen and oxygen atoms in total. The van der Waals surface area contributed by atoms with Crippen molar-refractivity contribution < 1.29 is 0 Å². The molecule has 0 radical (unpaired) electrons.